The molecule has 0 fully saturated rings. The van der Waals surface area contributed by atoms with Gasteiger partial charge in [-0.3, -0.25) is 4.79 Å². The van der Waals surface area contributed by atoms with Crippen molar-refractivity contribution in [3.63, 3.8) is 0 Å². The van der Waals surface area contributed by atoms with Crippen LogP contribution in [0.1, 0.15) is 20.8 Å². The van der Waals surface area contributed by atoms with Crippen molar-refractivity contribution in [3.8, 4) is 11.5 Å². The van der Waals surface area contributed by atoms with E-state index in [0.717, 1.165) is 0 Å². The second-order valence-electron chi connectivity index (χ2n) is 6.20. The number of carbonyl (C=O) groups excluding carboxylic acids is 2. The molecule has 0 radical (unpaired) electrons. The molecule has 2 aromatic carbocycles. The number of pyridine rings is 1. The van der Waals surface area contributed by atoms with Crippen LogP contribution in [0.15, 0.2) is 72.9 Å². The molecule has 7 heteroatoms. The van der Waals surface area contributed by atoms with E-state index in [0.29, 0.717) is 39.5 Å². The Bertz CT molecular complexity index is 1190. The first-order chi connectivity index (χ1) is 14.1. The lowest BCUT2D eigenvalue weighted by molar-refractivity contribution is 0.0595. The van der Waals surface area contributed by atoms with E-state index >= 15 is 0 Å². The summed E-state index contributed by atoms with van der Waals surface area (Å²) in [6, 6.07) is 19.6. The number of nitrogens with one attached hydrogen (secondary N) is 2. The zero-order valence-corrected chi connectivity index (χ0v) is 15.5. The smallest absolute Gasteiger partial charge is 0.354 e. The second-order valence-corrected chi connectivity index (χ2v) is 6.20. The fourth-order valence-electron chi connectivity index (χ4n) is 2.86. The summed E-state index contributed by atoms with van der Waals surface area (Å²) in [5.41, 5.74) is 1.70. The maximum absolute atomic E-state index is 12.8. The number of carbonyl (C=O) groups is 2. The number of para-hydroxylation sites is 2. The number of hydrogen-bond acceptors (Lipinski definition) is 5. The van der Waals surface area contributed by atoms with E-state index in [9.17, 15) is 9.59 Å². The first kappa shape index (κ1) is 18.2. The number of aromatic nitrogens is 2. The van der Waals surface area contributed by atoms with Crippen LogP contribution >= 0.6 is 0 Å². The summed E-state index contributed by atoms with van der Waals surface area (Å²) in [7, 11) is 1.31. The molecule has 2 aromatic heterocycles. The highest BCUT2D eigenvalue weighted by molar-refractivity contribution is 6.07. The molecule has 7 nitrogen and oxygen atoms in total. The Morgan fingerprint density at radius 1 is 1.00 bits per heavy atom. The Balaban J connectivity index is 1.57. The molecule has 0 aliphatic rings. The van der Waals surface area contributed by atoms with Crippen molar-refractivity contribution in [1.29, 1.82) is 0 Å². The minimum Gasteiger partial charge on any atom is -0.464 e. The van der Waals surface area contributed by atoms with Gasteiger partial charge in [0, 0.05) is 5.39 Å². The Morgan fingerprint density at radius 2 is 1.76 bits per heavy atom. The standard InChI is InChI=1S/C22H17N3O4/c1-28-22(27)18-12-14-11-15(13-23-20(14)25-18)24-21(26)17-9-5-6-10-19(17)29-16-7-3-2-4-8-16/h2-13H,1H3,(H,23,25)(H,24,26). The molecule has 2 N–H and O–H groups in total. The molecule has 144 valence electrons. The zero-order chi connectivity index (χ0) is 20.2. The SMILES string of the molecule is COC(=O)c1cc2cc(NC(=O)c3ccccc3Oc3ccccc3)cnc2[nH]1. The molecule has 0 aliphatic carbocycles. The van der Waals surface area contributed by atoms with E-state index in [4.69, 9.17) is 9.47 Å². The van der Waals surface area contributed by atoms with Crippen LogP contribution in [0.25, 0.3) is 11.0 Å². The molecule has 0 saturated carbocycles. The summed E-state index contributed by atoms with van der Waals surface area (Å²) in [6.45, 7) is 0. The third kappa shape index (κ3) is 3.93. The van der Waals surface area contributed by atoms with Crippen molar-refractivity contribution in [2.45, 2.75) is 0 Å². The lowest BCUT2D eigenvalue weighted by Gasteiger charge is -2.11. The highest BCUT2D eigenvalue weighted by Crippen LogP contribution is 2.26. The van der Waals surface area contributed by atoms with E-state index < -0.39 is 5.97 Å². The number of aromatic amines is 1. The van der Waals surface area contributed by atoms with Gasteiger partial charge in [0.2, 0.25) is 0 Å². The van der Waals surface area contributed by atoms with E-state index in [-0.39, 0.29) is 5.91 Å². The summed E-state index contributed by atoms with van der Waals surface area (Å²) in [6.07, 6.45) is 1.51. The number of amides is 1. The van der Waals surface area contributed by atoms with E-state index in [1.54, 1.807) is 36.4 Å². The van der Waals surface area contributed by atoms with Gasteiger partial charge in [0.15, 0.2) is 0 Å². The first-order valence-electron chi connectivity index (χ1n) is 8.84. The van der Waals surface area contributed by atoms with Crippen molar-refractivity contribution < 1.29 is 19.1 Å². The summed E-state index contributed by atoms with van der Waals surface area (Å²) < 4.78 is 10.5. The van der Waals surface area contributed by atoms with Gasteiger partial charge in [-0.2, -0.15) is 0 Å². The second kappa shape index (κ2) is 7.85. The monoisotopic (exact) mass is 387 g/mol. The number of H-pyrrole nitrogens is 1. The van der Waals surface area contributed by atoms with Crippen LogP contribution in [0, 0.1) is 0 Å². The van der Waals surface area contributed by atoms with Gasteiger partial charge >= 0.3 is 5.97 Å². The molecular weight excluding hydrogens is 370 g/mol. The fourth-order valence-corrected chi connectivity index (χ4v) is 2.86. The molecule has 0 unspecified atom stereocenters. The predicted octanol–water partition coefficient (Wildman–Crippen LogP) is 4.39. The summed E-state index contributed by atoms with van der Waals surface area (Å²) in [5, 5.41) is 3.50. The van der Waals surface area contributed by atoms with Gasteiger partial charge in [0.05, 0.1) is 24.6 Å². The third-order valence-corrected chi connectivity index (χ3v) is 4.24. The Morgan fingerprint density at radius 3 is 2.55 bits per heavy atom. The maximum Gasteiger partial charge on any atom is 0.354 e. The summed E-state index contributed by atoms with van der Waals surface area (Å²) >= 11 is 0. The molecular formula is C22H17N3O4. The quantitative estimate of drug-likeness (QED) is 0.495. The van der Waals surface area contributed by atoms with Crippen molar-refractivity contribution in [2.24, 2.45) is 0 Å². The van der Waals surface area contributed by atoms with Gasteiger partial charge in [-0.15, -0.1) is 0 Å². The number of fused-ring (bicyclic) bond motifs is 1. The Hall–Kier alpha value is -4.13. The Labute approximate surface area is 166 Å². The Kier molecular flexibility index (Phi) is 4.94. The number of esters is 1. The van der Waals surface area contributed by atoms with E-state index in [1.807, 2.05) is 30.3 Å². The van der Waals surface area contributed by atoms with Crippen LogP contribution in [0.2, 0.25) is 0 Å². The van der Waals surface area contributed by atoms with Gasteiger partial charge in [-0.1, -0.05) is 30.3 Å². The first-order valence-corrected chi connectivity index (χ1v) is 8.84. The van der Waals surface area contributed by atoms with Crippen LogP contribution in [0.3, 0.4) is 0 Å². The van der Waals surface area contributed by atoms with Crippen molar-refractivity contribution >= 4 is 28.6 Å². The zero-order valence-electron chi connectivity index (χ0n) is 15.5. The van der Waals surface area contributed by atoms with Crippen LogP contribution in [-0.2, 0) is 4.74 Å². The van der Waals surface area contributed by atoms with Crippen LogP contribution < -0.4 is 10.1 Å². The lowest BCUT2D eigenvalue weighted by atomic mass is 10.2. The molecule has 4 rings (SSSR count). The molecule has 0 spiro atoms. The van der Waals surface area contributed by atoms with Crippen molar-refractivity contribution in [1.82, 2.24) is 9.97 Å². The molecule has 0 atom stereocenters. The van der Waals surface area contributed by atoms with Gasteiger partial charge in [0.1, 0.15) is 22.8 Å². The van der Waals surface area contributed by atoms with Crippen LogP contribution in [0.4, 0.5) is 5.69 Å². The highest BCUT2D eigenvalue weighted by atomic mass is 16.5. The maximum atomic E-state index is 12.8. The molecule has 0 bridgehead atoms. The predicted molar refractivity (Wildman–Crippen MR) is 108 cm³/mol. The van der Waals surface area contributed by atoms with Gasteiger partial charge in [-0.05, 0) is 36.4 Å². The average Bonchev–Trinajstić information content (AvgIpc) is 3.17. The van der Waals surface area contributed by atoms with Gasteiger partial charge in [-0.25, -0.2) is 9.78 Å². The molecule has 0 saturated heterocycles. The molecule has 29 heavy (non-hydrogen) atoms. The number of methoxy groups -OCH3 is 1. The average molecular weight is 387 g/mol. The fraction of sp³-hybridized carbons (Fsp3) is 0.0455. The minimum absolute atomic E-state index is 0.292. The normalized spacial score (nSPS) is 10.5. The summed E-state index contributed by atoms with van der Waals surface area (Å²) in [4.78, 5) is 31.6. The molecule has 1 amide bonds. The lowest BCUT2D eigenvalue weighted by Crippen LogP contribution is -2.13. The largest absolute Gasteiger partial charge is 0.464 e. The third-order valence-electron chi connectivity index (χ3n) is 4.24. The number of nitrogens with zero attached hydrogens (tertiary/aromatic N) is 1. The number of benzene rings is 2. The number of anilines is 1. The van der Waals surface area contributed by atoms with Crippen molar-refractivity contribution in [2.75, 3.05) is 12.4 Å². The number of rotatable bonds is 5. The minimum atomic E-state index is -0.486. The van der Waals surface area contributed by atoms with Crippen LogP contribution in [0.5, 0.6) is 11.5 Å². The van der Waals surface area contributed by atoms with Gasteiger partial charge in [0.25, 0.3) is 5.91 Å². The summed E-state index contributed by atoms with van der Waals surface area (Å²) in [5.74, 6) is 0.264. The van der Waals surface area contributed by atoms with Gasteiger partial charge < -0.3 is 19.8 Å². The molecule has 2 heterocycles. The van der Waals surface area contributed by atoms with Crippen molar-refractivity contribution in [3.05, 3.63) is 84.2 Å². The number of ether oxygens (including phenoxy) is 2. The van der Waals surface area contributed by atoms with E-state index in [2.05, 4.69) is 15.3 Å². The topological polar surface area (TPSA) is 93.3 Å². The van der Waals surface area contributed by atoms with Crippen LogP contribution in [-0.4, -0.2) is 29.0 Å². The highest BCUT2D eigenvalue weighted by Gasteiger charge is 2.15. The molecule has 4 aromatic rings. The van der Waals surface area contributed by atoms with E-state index in [1.165, 1.54) is 13.3 Å². The molecule has 0 aliphatic heterocycles. The number of hydrogen-bond donors (Lipinski definition) is 2.